The summed E-state index contributed by atoms with van der Waals surface area (Å²) in [4.78, 5) is 27.5. The molecule has 110 valence electrons. The topological polar surface area (TPSA) is 80.3 Å². The Bertz CT molecular complexity index is 637. The molecule has 0 atom stereocenters. The van der Waals surface area contributed by atoms with Crippen molar-refractivity contribution in [2.24, 2.45) is 0 Å². The molecule has 1 heterocycles. The normalized spacial score (nSPS) is 10.0. The van der Waals surface area contributed by atoms with E-state index in [1.165, 1.54) is 11.3 Å². The minimum atomic E-state index is -0.752. The smallest absolute Gasteiger partial charge is 0.315 e. The summed E-state index contributed by atoms with van der Waals surface area (Å²) in [5, 5.41) is 7.15. The summed E-state index contributed by atoms with van der Waals surface area (Å²) in [5.74, 6) is -0.788. The van der Waals surface area contributed by atoms with Gasteiger partial charge in [0.15, 0.2) is 5.13 Å². The number of carbonyl (C=O) groups is 2. The summed E-state index contributed by atoms with van der Waals surface area (Å²) in [5.41, 5.74) is 1.32. The maximum absolute atomic E-state index is 11.8. The highest BCUT2D eigenvalue weighted by atomic mass is 32.1. The van der Waals surface area contributed by atoms with Crippen LogP contribution in [0.1, 0.15) is 12.6 Å². The van der Waals surface area contributed by atoms with Gasteiger partial charge in [-0.25, -0.2) is 4.98 Å². The molecule has 6 nitrogen and oxygen atoms in total. The number of benzene rings is 1. The van der Waals surface area contributed by atoms with Gasteiger partial charge in [-0.1, -0.05) is 0 Å². The summed E-state index contributed by atoms with van der Waals surface area (Å²) in [6.45, 7) is 4.27. The molecule has 0 aliphatic carbocycles. The average Bonchev–Trinajstić information content (AvgIpc) is 2.86. The van der Waals surface area contributed by atoms with Gasteiger partial charge < -0.3 is 10.1 Å². The monoisotopic (exact) mass is 305 g/mol. The largest absolute Gasteiger partial charge is 0.494 e. The summed E-state index contributed by atoms with van der Waals surface area (Å²) in [6, 6.07) is 6.79. The molecule has 21 heavy (non-hydrogen) atoms. The van der Waals surface area contributed by atoms with E-state index in [4.69, 9.17) is 4.74 Å². The van der Waals surface area contributed by atoms with Crippen LogP contribution in [0.3, 0.4) is 0 Å². The van der Waals surface area contributed by atoms with Crippen LogP contribution in [0.15, 0.2) is 29.6 Å². The lowest BCUT2D eigenvalue weighted by Gasteiger charge is -2.06. The molecule has 2 aromatic rings. The Hall–Kier alpha value is -2.41. The number of anilines is 2. The number of hydrogen-bond donors (Lipinski definition) is 2. The average molecular weight is 305 g/mol. The SMILES string of the molecule is CCOc1ccc(NC(=O)C(=O)Nc2nc(C)cs2)cc1. The van der Waals surface area contributed by atoms with Crippen LogP contribution < -0.4 is 15.4 Å². The van der Waals surface area contributed by atoms with Crippen molar-refractivity contribution < 1.29 is 14.3 Å². The molecule has 0 radical (unpaired) electrons. The van der Waals surface area contributed by atoms with E-state index in [9.17, 15) is 9.59 Å². The Morgan fingerprint density at radius 1 is 1.19 bits per heavy atom. The zero-order chi connectivity index (χ0) is 15.2. The lowest BCUT2D eigenvalue weighted by atomic mass is 10.3. The number of nitrogens with one attached hydrogen (secondary N) is 2. The van der Waals surface area contributed by atoms with Gasteiger partial charge in [0.05, 0.1) is 12.3 Å². The number of carbonyl (C=O) groups excluding carboxylic acids is 2. The van der Waals surface area contributed by atoms with Crippen LogP contribution in [-0.4, -0.2) is 23.4 Å². The first-order chi connectivity index (χ1) is 10.1. The second-order valence-corrected chi connectivity index (χ2v) is 5.02. The number of thiazole rings is 1. The van der Waals surface area contributed by atoms with Gasteiger partial charge in [0, 0.05) is 11.1 Å². The highest BCUT2D eigenvalue weighted by molar-refractivity contribution is 7.14. The molecule has 1 aromatic heterocycles. The maximum atomic E-state index is 11.8. The van der Waals surface area contributed by atoms with Crippen LogP contribution in [-0.2, 0) is 9.59 Å². The van der Waals surface area contributed by atoms with Gasteiger partial charge in [0.1, 0.15) is 5.75 Å². The van der Waals surface area contributed by atoms with Crippen molar-refractivity contribution in [3.63, 3.8) is 0 Å². The minimum Gasteiger partial charge on any atom is -0.494 e. The van der Waals surface area contributed by atoms with Crippen LogP contribution in [0.25, 0.3) is 0 Å². The quantitative estimate of drug-likeness (QED) is 0.850. The first kappa shape index (κ1) is 15.0. The van der Waals surface area contributed by atoms with Gasteiger partial charge in [-0.15, -0.1) is 11.3 Å². The van der Waals surface area contributed by atoms with E-state index < -0.39 is 11.8 Å². The third kappa shape index (κ3) is 4.28. The van der Waals surface area contributed by atoms with Crippen molar-refractivity contribution >= 4 is 34.0 Å². The van der Waals surface area contributed by atoms with Gasteiger partial charge in [-0.05, 0) is 38.1 Å². The molecule has 0 bridgehead atoms. The van der Waals surface area contributed by atoms with E-state index in [0.717, 1.165) is 5.69 Å². The molecule has 2 rings (SSSR count). The van der Waals surface area contributed by atoms with E-state index in [-0.39, 0.29) is 0 Å². The number of nitrogens with zero attached hydrogens (tertiary/aromatic N) is 1. The Balaban J connectivity index is 1.92. The van der Waals surface area contributed by atoms with Crippen molar-refractivity contribution in [3.8, 4) is 5.75 Å². The van der Waals surface area contributed by atoms with E-state index in [2.05, 4.69) is 15.6 Å². The molecule has 0 unspecified atom stereocenters. The second-order valence-electron chi connectivity index (χ2n) is 4.16. The number of rotatable bonds is 4. The molecule has 0 spiro atoms. The van der Waals surface area contributed by atoms with Crippen molar-refractivity contribution in [1.82, 2.24) is 4.98 Å². The number of hydrogen-bond acceptors (Lipinski definition) is 5. The fourth-order valence-corrected chi connectivity index (χ4v) is 2.24. The van der Waals surface area contributed by atoms with Crippen molar-refractivity contribution in [1.29, 1.82) is 0 Å². The molecule has 2 amide bonds. The Morgan fingerprint density at radius 3 is 2.43 bits per heavy atom. The minimum absolute atomic E-state index is 0.402. The Labute approximate surface area is 126 Å². The van der Waals surface area contributed by atoms with Crippen LogP contribution in [0.2, 0.25) is 0 Å². The highest BCUT2D eigenvalue weighted by Crippen LogP contribution is 2.16. The summed E-state index contributed by atoms with van der Waals surface area (Å²) >= 11 is 1.27. The van der Waals surface area contributed by atoms with E-state index in [0.29, 0.717) is 23.2 Å². The van der Waals surface area contributed by atoms with Gasteiger partial charge in [0.2, 0.25) is 0 Å². The maximum Gasteiger partial charge on any atom is 0.315 e. The molecule has 7 heteroatoms. The van der Waals surface area contributed by atoms with Crippen molar-refractivity contribution in [2.75, 3.05) is 17.2 Å². The molecule has 0 saturated heterocycles. The van der Waals surface area contributed by atoms with Crippen LogP contribution >= 0.6 is 11.3 Å². The Kier molecular flexibility index (Phi) is 4.89. The van der Waals surface area contributed by atoms with Crippen LogP contribution in [0, 0.1) is 6.92 Å². The lowest BCUT2D eigenvalue weighted by Crippen LogP contribution is -2.29. The van der Waals surface area contributed by atoms with Crippen molar-refractivity contribution in [2.45, 2.75) is 13.8 Å². The van der Waals surface area contributed by atoms with Crippen molar-refractivity contribution in [3.05, 3.63) is 35.3 Å². The molecule has 1 aromatic carbocycles. The molecule has 0 aliphatic heterocycles. The summed E-state index contributed by atoms with van der Waals surface area (Å²) in [6.07, 6.45) is 0. The molecular weight excluding hydrogens is 290 g/mol. The third-order valence-corrected chi connectivity index (χ3v) is 3.34. The van der Waals surface area contributed by atoms with E-state index in [1.54, 1.807) is 29.6 Å². The van der Waals surface area contributed by atoms with E-state index in [1.807, 2.05) is 13.8 Å². The summed E-state index contributed by atoms with van der Waals surface area (Å²) < 4.78 is 5.30. The molecule has 0 aliphatic rings. The van der Waals surface area contributed by atoms with Gasteiger partial charge in [-0.2, -0.15) is 0 Å². The molecule has 0 fully saturated rings. The number of aryl methyl sites for hydroxylation is 1. The summed E-state index contributed by atoms with van der Waals surface area (Å²) in [7, 11) is 0. The number of ether oxygens (including phenoxy) is 1. The Morgan fingerprint density at radius 2 is 1.86 bits per heavy atom. The second kappa shape index (κ2) is 6.85. The molecule has 2 N–H and O–H groups in total. The predicted molar refractivity (Wildman–Crippen MR) is 81.7 cm³/mol. The zero-order valence-electron chi connectivity index (χ0n) is 11.7. The lowest BCUT2D eigenvalue weighted by molar-refractivity contribution is -0.132. The van der Waals surface area contributed by atoms with E-state index >= 15 is 0 Å². The number of amides is 2. The zero-order valence-corrected chi connectivity index (χ0v) is 12.5. The third-order valence-electron chi connectivity index (χ3n) is 2.47. The fourth-order valence-electron chi connectivity index (χ4n) is 1.55. The molecular formula is C14H15N3O3S. The first-order valence-electron chi connectivity index (χ1n) is 6.36. The van der Waals surface area contributed by atoms with Gasteiger partial charge >= 0.3 is 11.8 Å². The highest BCUT2D eigenvalue weighted by Gasteiger charge is 2.15. The van der Waals surface area contributed by atoms with Gasteiger partial charge in [-0.3, -0.25) is 14.9 Å². The van der Waals surface area contributed by atoms with Crippen LogP contribution in [0.4, 0.5) is 10.8 Å². The fraction of sp³-hybridized carbons (Fsp3) is 0.214. The standard InChI is InChI=1S/C14H15N3O3S/c1-3-20-11-6-4-10(5-7-11)16-12(18)13(19)17-14-15-9(2)8-21-14/h4-8H,3H2,1-2H3,(H,16,18)(H,15,17,19). The number of aromatic nitrogens is 1. The predicted octanol–water partition coefficient (Wildman–Crippen LogP) is 2.43. The molecule has 0 saturated carbocycles. The van der Waals surface area contributed by atoms with Gasteiger partial charge in [0.25, 0.3) is 0 Å². The first-order valence-corrected chi connectivity index (χ1v) is 7.23. The van der Waals surface area contributed by atoms with Crippen LogP contribution in [0.5, 0.6) is 5.75 Å².